The molecule has 0 saturated heterocycles. The van der Waals surface area contributed by atoms with Crippen LogP contribution in [0.1, 0.15) is 11.1 Å². The molecule has 0 aliphatic rings. The van der Waals surface area contributed by atoms with E-state index < -0.39 is 24.3 Å². The second-order valence-corrected chi connectivity index (χ2v) is 7.37. The van der Waals surface area contributed by atoms with E-state index in [1.54, 1.807) is 30.3 Å². The number of carbonyl (C=O) groups excluding carboxylic acids is 1. The van der Waals surface area contributed by atoms with Gasteiger partial charge >= 0.3 is 6.18 Å². The number of anilines is 1. The lowest BCUT2D eigenvalue weighted by molar-refractivity contribution is -0.137. The molecule has 0 saturated carbocycles. The van der Waals surface area contributed by atoms with E-state index in [0.717, 1.165) is 12.1 Å². The summed E-state index contributed by atoms with van der Waals surface area (Å²) >= 11 is 1.19. The number of thiazole rings is 1. The average molecular weight is 446 g/mol. The van der Waals surface area contributed by atoms with Crippen LogP contribution in [-0.4, -0.2) is 27.1 Å². The van der Waals surface area contributed by atoms with Gasteiger partial charge in [-0.1, -0.05) is 29.5 Å². The number of ether oxygens (including phenoxy) is 1. The number of amides is 1. The Bertz CT molecular complexity index is 1360. The molecule has 0 atom stereocenters. The molecule has 158 valence electrons. The molecule has 0 radical (unpaired) electrons. The summed E-state index contributed by atoms with van der Waals surface area (Å²) in [6.07, 6.45) is -1.55. The zero-order valence-corrected chi connectivity index (χ0v) is 16.4. The highest BCUT2D eigenvalue weighted by atomic mass is 32.1. The van der Waals surface area contributed by atoms with Gasteiger partial charge in [0.2, 0.25) is 4.96 Å². The number of halogens is 3. The molecule has 0 aliphatic heterocycles. The average Bonchev–Trinajstić information content (AvgIpc) is 3.30. The van der Waals surface area contributed by atoms with Gasteiger partial charge in [-0.2, -0.15) is 22.8 Å². The number of nitrogens with zero attached hydrogens (tertiary/aromatic N) is 3. The highest BCUT2D eigenvalue weighted by molar-refractivity contribution is 7.15. The summed E-state index contributed by atoms with van der Waals surface area (Å²) in [6.45, 7) is -0.400. The predicted molar refractivity (Wildman–Crippen MR) is 108 cm³/mol. The lowest BCUT2D eigenvalue weighted by Crippen LogP contribution is -2.23. The fraction of sp³-hybridized carbons (Fsp3) is 0.100. The number of hydrogen-bond donors (Lipinski definition) is 1. The monoisotopic (exact) mass is 446 g/mol. The SMILES string of the molecule is O=C(COc1cccc(/C=c2\sc3ncnn3c2=O)c1)Nc1cccc(C(F)(F)F)c1. The summed E-state index contributed by atoms with van der Waals surface area (Å²) < 4.78 is 45.4. The lowest BCUT2D eigenvalue weighted by Gasteiger charge is -2.10. The summed E-state index contributed by atoms with van der Waals surface area (Å²) in [4.78, 5) is 28.8. The van der Waals surface area contributed by atoms with Crippen LogP contribution in [0, 0.1) is 0 Å². The van der Waals surface area contributed by atoms with Crippen LogP contribution in [0.3, 0.4) is 0 Å². The molecule has 2 aromatic carbocycles. The molecule has 0 bridgehead atoms. The van der Waals surface area contributed by atoms with E-state index in [0.29, 0.717) is 20.8 Å². The summed E-state index contributed by atoms with van der Waals surface area (Å²) in [5.41, 5.74) is -0.463. The fourth-order valence-electron chi connectivity index (χ4n) is 2.74. The highest BCUT2D eigenvalue weighted by Gasteiger charge is 2.30. The Labute approximate surface area is 176 Å². The molecule has 2 heterocycles. The lowest BCUT2D eigenvalue weighted by atomic mass is 10.2. The molecule has 1 amide bonds. The van der Waals surface area contributed by atoms with Gasteiger partial charge in [0.25, 0.3) is 11.5 Å². The zero-order valence-electron chi connectivity index (χ0n) is 15.6. The van der Waals surface area contributed by atoms with Crippen molar-refractivity contribution in [2.75, 3.05) is 11.9 Å². The normalized spacial score (nSPS) is 12.3. The van der Waals surface area contributed by atoms with Crippen LogP contribution < -0.4 is 20.1 Å². The number of benzene rings is 2. The topological polar surface area (TPSA) is 85.6 Å². The maximum absolute atomic E-state index is 12.8. The third-order valence-electron chi connectivity index (χ3n) is 4.12. The van der Waals surface area contributed by atoms with Crippen molar-refractivity contribution in [3.05, 3.63) is 80.9 Å². The Morgan fingerprint density at radius 1 is 1.19 bits per heavy atom. The molecule has 4 aromatic rings. The second kappa shape index (κ2) is 8.19. The molecular weight excluding hydrogens is 433 g/mol. The number of hydrogen-bond acceptors (Lipinski definition) is 6. The quantitative estimate of drug-likeness (QED) is 0.510. The van der Waals surface area contributed by atoms with Crippen molar-refractivity contribution in [1.29, 1.82) is 0 Å². The number of nitrogens with one attached hydrogen (secondary N) is 1. The summed E-state index contributed by atoms with van der Waals surface area (Å²) in [5, 5.41) is 6.22. The van der Waals surface area contributed by atoms with Gasteiger partial charge in [-0.15, -0.1) is 0 Å². The number of alkyl halides is 3. The Balaban J connectivity index is 1.43. The minimum Gasteiger partial charge on any atom is -0.484 e. The van der Waals surface area contributed by atoms with Crippen LogP contribution in [0.25, 0.3) is 11.0 Å². The Morgan fingerprint density at radius 3 is 2.77 bits per heavy atom. The van der Waals surface area contributed by atoms with Crippen LogP contribution in [0.4, 0.5) is 18.9 Å². The first-order valence-corrected chi connectivity index (χ1v) is 9.65. The van der Waals surface area contributed by atoms with Gasteiger partial charge in [0.15, 0.2) is 6.61 Å². The van der Waals surface area contributed by atoms with Gasteiger partial charge in [0.1, 0.15) is 12.1 Å². The second-order valence-electron chi connectivity index (χ2n) is 6.36. The van der Waals surface area contributed by atoms with Crippen molar-refractivity contribution in [2.45, 2.75) is 6.18 Å². The number of rotatable bonds is 5. The summed E-state index contributed by atoms with van der Waals surface area (Å²) in [5.74, 6) is -0.249. The minimum atomic E-state index is -4.50. The molecule has 7 nitrogen and oxygen atoms in total. The van der Waals surface area contributed by atoms with Crippen LogP contribution in [0.15, 0.2) is 59.7 Å². The van der Waals surface area contributed by atoms with Crippen molar-refractivity contribution in [2.24, 2.45) is 0 Å². The molecule has 0 unspecified atom stereocenters. The molecule has 0 spiro atoms. The molecule has 1 N–H and O–H groups in total. The van der Waals surface area contributed by atoms with Crippen LogP contribution in [0.5, 0.6) is 5.75 Å². The smallest absolute Gasteiger partial charge is 0.416 e. The Kier molecular flexibility index (Phi) is 5.42. The van der Waals surface area contributed by atoms with Crippen LogP contribution in [-0.2, 0) is 11.0 Å². The van der Waals surface area contributed by atoms with Crippen LogP contribution in [0.2, 0.25) is 0 Å². The minimum absolute atomic E-state index is 0.0183. The van der Waals surface area contributed by atoms with Crippen molar-refractivity contribution < 1.29 is 22.7 Å². The van der Waals surface area contributed by atoms with Crippen molar-refractivity contribution in [3.8, 4) is 5.75 Å². The molecule has 0 aliphatic carbocycles. The molecular formula is C20H13F3N4O3S. The number of fused-ring (bicyclic) bond motifs is 1. The van der Waals surface area contributed by atoms with Gasteiger partial charge in [0.05, 0.1) is 10.1 Å². The molecule has 31 heavy (non-hydrogen) atoms. The maximum Gasteiger partial charge on any atom is 0.416 e. The first-order chi connectivity index (χ1) is 14.8. The molecule has 2 aromatic heterocycles. The molecule has 0 fully saturated rings. The summed E-state index contributed by atoms with van der Waals surface area (Å²) in [7, 11) is 0. The first-order valence-electron chi connectivity index (χ1n) is 8.84. The van der Waals surface area contributed by atoms with E-state index in [9.17, 15) is 22.8 Å². The first kappa shape index (κ1) is 20.5. The maximum atomic E-state index is 12.8. The third kappa shape index (κ3) is 4.72. The predicted octanol–water partition coefficient (Wildman–Crippen LogP) is 2.74. The van der Waals surface area contributed by atoms with Crippen molar-refractivity contribution >= 4 is 34.0 Å². The third-order valence-corrected chi connectivity index (χ3v) is 5.09. The van der Waals surface area contributed by atoms with E-state index in [1.165, 1.54) is 34.3 Å². The van der Waals surface area contributed by atoms with Gasteiger partial charge in [-0.05, 0) is 42.0 Å². The standard InChI is InChI=1S/C20H13F3N4O3S/c21-20(22,23)13-4-2-5-14(9-13)26-17(28)10-30-15-6-1-3-12(7-15)8-16-18(29)27-19(31-16)24-11-25-27/h1-9,11H,10H2,(H,26,28)/b16-8-. The van der Waals surface area contributed by atoms with Crippen molar-refractivity contribution in [1.82, 2.24) is 14.6 Å². The van der Waals surface area contributed by atoms with E-state index >= 15 is 0 Å². The van der Waals surface area contributed by atoms with E-state index in [4.69, 9.17) is 4.74 Å². The highest BCUT2D eigenvalue weighted by Crippen LogP contribution is 2.30. The van der Waals surface area contributed by atoms with E-state index in [1.807, 2.05) is 0 Å². The van der Waals surface area contributed by atoms with E-state index in [-0.39, 0.29) is 11.2 Å². The largest absolute Gasteiger partial charge is 0.484 e. The number of aromatic nitrogens is 3. The Morgan fingerprint density at radius 2 is 2.00 bits per heavy atom. The van der Waals surface area contributed by atoms with Gasteiger partial charge in [-0.3, -0.25) is 9.59 Å². The van der Waals surface area contributed by atoms with E-state index in [2.05, 4.69) is 15.4 Å². The summed E-state index contributed by atoms with van der Waals surface area (Å²) in [6, 6.07) is 11.0. The van der Waals surface area contributed by atoms with Crippen molar-refractivity contribution in [3.63, 3.8) is 0 Å². The molecule has 4 rings (SSSR count). The molecule has 11 heteroatoms. The van der Waals surface area contributed by atoms with Crippen LogP contribution >= 0.6 is 11.3 Å². The van der Waals surface area contributed by atoms with Gasteiger partial charge in [-0.25, -0.2) is 4.98 Å². The zero-order chi connectivity index (χ0) is 22.0. The number of carbonyl (C=O) groups is 1. The fourth-order valence-corrected chi connectivity index (χ4v) is 3.62. The Hall–Kier alpha value is -3.73. The van der Waals surface area contributed by atoms with Gasteiger partial charge < -0.3 is 10.1 Å². The van der Waals surface area contributed by atoms with Gasteiger partial charge in [0, 0.05) is 5.69 Å².